The number of aliphatic hydroxyl groups excluding tert-OH is 2. The molecule has 0 bridgehead atoms. The van der Waals surface area contributed by atoms with Crippen molar-refractivity contribution in [2.75, 3.05) is 96.8 Å². The van der Waals surface area contributed by atoms with Crippen molar-refractivity contribution in [3.05, 3.63) is 140 Å². The minimum atomic E-state index is -4.42. The monoisotopic (exact) mass is 2140 g/mol. The van der Waals surface area contributed by atoms with Gasteiger partial charge in [-0.05, 0) is 148 Å². The van der Waals surface area contributed by atoms with Crippen molar-refractivity contribution in [2.24, 2.45) is 0 Å². The van der Waals surface area contributed by atoms with E-state index in [1.807, 2.05) is 0 Å². The Hall–Kier alpha value is -9.52. The zero-order chi connectivity index (χ0) is 157. The maximum Gasteiger partial charge on any atom is 0.191 e. The van der Waals surface area contributed by atoms with Gasteiger partial charge in [-0.3, -0.25) is 0 Å². The van der Waals surface area contributed by atoms with Crippen LogP contribution in [-0.4, -0.2) is 334 Å². The topological polar surface area (TPSA) is 554 Å². The molecule has 8 saturated carbocycles. The second kappa shape index (κ2) is 47.3. The lowest BCUT2D eigenvalue weighted by Crippen LogP contribution is -2.33. The summed E-state index contributed by atoms with van der Waals surface area (Å²) in [6, 6.07) is -33.5. The maximum atomic E-state index is 14.9. The minimum Gasteiger partial charge on any atom is -0.394 e. The number of rotatable bonds is 40. The summed E-state index contributed by atoms with van der Waals surface area (Å²) in [7, 11) is 0. The van der Waals surface area contributed by atoms with Crippen LogP contribution in [0.15, 0.2) is 93.1 Å². The van der Waals surface area contributed by atoms with Crippen LogP contribution >= 0.6 is 47.0 Å². The third-order valence-corrected chi connectivity index (χ3v) is 23.3. The fraction of sp³-hybridized carbons (Fsp3) is 0.583. The lowest BCUT2D eigenvalue weighted by molar-refractivity contribution is -0.0629. The largest absolute Gasteiger partial charge is 0.394 e. The highest BCUT2D eigenvalue weighted by molar-refractivity contribution is 7.99. The summed E-state index contributed by atoms with van der Waals surface area (Å²) in [6.07, 6.45) is -70.6. The van der Waals surface area contributed by atoms with E-state index in [4.69, 9.17) is 94.5 Å². The molecule has 4 aromatic carbocycles. The van der Waals surface area contributed by atoms with E-state index < -0.39 is 484 Å². The normalized spacial score (nSPS) is 48.4. The van der Waals surface area contributed by atoms with E-state index in [-0.39, 0.29) is 72.0 Å². The molecule has 144 heavy (non-hydrogen) atoms. The van der Waals surface area contributed by atoms with Crippen molar-refractivity contribution in [2.45, 2.75) is 298 Å². The van der Waals surface area contributed by atoms with E-state index >= 15 is 0 Å². The quantitative estimate of drug-likeness (QED) is 0.00969. The number of fused-ring (bicyclic) bond motifs is 4. The zero-order valence-electron chi connectivity index (χ0n) is 137. The lowest BCUT2D eigenvalue weighted by atomic mass is 10.1. The van der Waals surface area contributed by atoms with Gasteiger partial charge in [0, 0.05) is 126 Å². The summed E-state index contributed by atoms with van der Waals surface area (Å²) in [5.41, 5.74) is -18.8. The number of nitrogens with one attached hydrogen (secondary N) is 4. The lowest BCUT2D eigenvalue weighted by Gasteiger charge is -2.17. The van der Waals surface area contributed by atoms with Crippen molar-refractivity contribution in [1.29, 1.82) is 0 Å². The first kappa shape index (κ1) is 53.1. The van der Waals surface area contributed by atoms with Gasteiger partial charge in [0.15, 0.2) is 88.6 Å². The molecule has 8 heterocycles. The molecule has 0 saturated heterocycles. The van der Waals surface area contributed by atoms with Crippen LogP contribution in [0.4, 0.5) is 40.8 Å². The van der Waals surface area contributed by atoms with Crippen molar-refractivity contribution in [3.8, 4) is 0 Å². The Morgan fingerprint density at radius 1 is 0.368 bits per heavy atom. The van der Waals surface area contributed by atoms with Crippen molar-refractivity contribution < 1.29 is 183 Å². The molecular formula is C96H124F4N24O16S4. The molecule has 24 atom stereocenters. The maximum absolute atomic E-state index is 14.9. The van der Waals surface area contributed by atoms with Crippen LogP contribution in [0.25, 0.3) is 44.7 Å². The van der Waals surface area contributed by atoms with E-state index in [1.165, 1.54) is 41.5 Å². The Kier molecular flexibility index (Phi) is 17.4. The highest BCUT2D eigenvalue weighted by Crippen LogP contribution is 2.50. The second-order valence-electron chi connectivity index (χ2n) is 29.9. The Morgan fingerprint density at radius 2 is 0.639 bits per heavy atom. The van der Waals surface area contributed by atoms with Crippen LogP contribution in [0.1, 0.15) is 282 Å². The summed E-state index contributed by atoms with van der Waals surface area (Å²) < 4.78 is 598. The third kappa shape index (κ3) is 23.8. The summed E-state index contributed by atoms with van der Waals surface area (Å²) in [6.45, 7) is -9.77. The van der Waals surface area contributed by atoms with E-state index in [0.717, 1.165) is 13.8 Å². The number of hydrogen-bond donors (Lipinski definition) is 16. The number of aromatic nitrogens is 20. The zero-order valence-corrected chi connectivity index (χ0v) is 78.6. The van der Waals surface area contributed by atoms with Crippen LogP contribution in [0.5, 0.6) is 0 Å². The molecule has 12 aromatic rings. The third-order valence-electron chi connectivity index (χ3n) is 20.2. The predicted molar refractivity (Wildman–Crippen MR) is 530 cm³/mol. The van der Waals surface area contributed by atoms with Gasteiger partial charge in [-0.1, -0.05) is 144 Å². The highest BCUT2D eigenvalue weighted by atomic mass is 32.2. The van der Waals surface area contributed by atoms with E-state index in [2.05, 4.69) is 112 Å². The first-order valence-electron chi connectivity index (χ1n) is 73.1. The molecule has 8 fully saturated rings. The van der Waals surface area contributed by atoms with E-state index in [9.17, 15) is 78.8 Å². The molecule has 16 N–H and O–H groups in total. The van der Waals surface area contributed by atoms with Gasteiger partial charge < -0.3 is 101 Å². The van der Waals surface area contributed by atoms with Gasteiger partial charge in [0.2, 0.25) is 0 Å². The number of thioether (sulfide) groups is 4. The number of anilines is 4. The molecule has 0 spiro atoms. The SMILES string of the molecule is [2H]c1c([2H])c([C@]2([2H])C[C@@]2([2H])Nc2nc(SC([2H])([2H])C([2H])([2H])C)nc3c2nnn3[C@]2([2H])C([2H])([2H])[C@]([2H])(OCCO)[C@@]([2H])(O)[C@@]2([2H])O)c([2H])c(F)c1C.[2H]c1c([2H])c([C@]2([2H])C[C@@]2([2H])Nc2nc(SC([2H])([2H])CC)nc3c2nnn3[C@]2([2H])C([2H])([2H])[C@]([2H])(OC([2H])([2H])C([2H])([2H])O)[C@@]([2H])(O)[C@@]2([2H])O)c([2H])c(F)c1C.[2H]c1c([2H])c([C@]2([2H])C[C@@]2([2H])Nc2nc(SC([2H])([2H])CC)nc3c2nnn3[C@]2([2H])C([2H])([2H])[C@]([2H])(OC([2H])([2H])CO)[C@@]([2H])(O)[C@@]2([2H])O)c([2H])c(F)c1C.[2H]c1c([2H])c([C@]2([2H])C[C@@]2([2H])Nc2nc(SC([2H])([2H])CC)nc3c2nnn3[C@]2([2H])C([2H])([2H])[C@]([2H])(OCC([2H])([2H])O)[C@@]([2H])(O)[C@@]2([2H])O)c([2H])c(F)c1C. The Balaban J connectivity index is 0.000000177. The standard InChI is InChI=1S/4C24H31FN6O4S/c4*1-3-8-36-24-27-22(26-16-10-14(16)13-5-4-12(2)15(25)9-13)19-23(28-24)31(30-29-19)17-11-18(35-7-6-32)21(34)20(17)33/h4*4-5,9,14,16-18,20-21,32-34H,3,6-8,10-11H2,1-2H3,(H,26,27,28)/t4*14-,16+,17+,18-,20-,21+/m0000/s1/i4D,5D,6D2,7D2,8D2,9D,11D2,14D,16D,17D,18D,20D,21D;4D,5D,7D2,8D2,9D,11D2,14D,16D,17D,18D,20D,21D;4D,5D,6D2,8D2,9D,11D2,14D,16D,17D,18D,20D,21D;3D2,4D,5D,8D2,9D,11D2,14D,16D,17D,18D,20D,21D. The highest BCUT2D eigenvalue weighted by Gasteiger charge is 2.51. The minimum absolute atomic E-state index is 0.0287. The molecule has 8 aliphatic carbocycles. The van der Waals surface area contributed by atoms with Crippen LogP contribution in [0.3, 0.4) is 0 Å². The Bertz CT molecular complexity index is 9920. The Morgan fingerprint density at radius 3 is 0.896 bits per heavy atom. The van der Waals surface area contributed by atoms with Gasteiger partial charge in [-0.2, -0.15) is 0 Å². The van der Waals surface area contributed by atoms with E-state index in [0.29, 0.717) is 35.3 Å². The van der Waals surface area contributed by atoms with Gasteiger partial charge in [-0.15, -0.1) is 20.4 Å². The predicted octanol–water partition coefficient (Wildman–Crippen LogP) is 8.73. The summed E-state index contributed by atoms with van der Waals surface area (Å²) in [4.78, 5) is 32.7. The van der Waals surface area contributed by atoms with Crippen LogP contribution in [0.2, 0.25) is 0 Å². The summed E-state index contributed by atoms with van der Waals surface area (Å²) in [5.74, 6) is -16.2. The van der Waals surface area contributed by atoms with Crippen LogP contribution in [0, 0.1) is 51.0 Å². The smallest absolute Gasteiger partial charge is 0.191 e. The van der Waals surface area contributed by atoms with Gasteiger partial charge in [0.25, 0.3) is 0 Å². The van der Waals surface area contributed by atoms with Crippen molar-refractivity contribution in [3.63, 3.8) is 0 Å². The molecule has 0 radical (unpaired) electrons. The first-order valence-corrected chi connectivity index (χ1v) is 45.4. The molecular weight excluding hydrogens is 1950 g/mol. The average Bonchev–Trinajstić information content (AvgIpc) is 1.48. The number of ether oxygens (including phenoxy) is 4. The average molecular weight is 2140 g/mol. The number of halogens is 4. The molecule has 20 rings (SSSR count). The molecule has 48 heteroatoms. The van der Waals surface area contributed by atoms with Gasteiger partial charge in [0.1, 0.15) is 71.9 Å². The van der Waals surface area contributed by atoms with Crippen LogP contribution < -0.4 is 21.3 Å². The molecule has 8 aromatic heterocycles. The molecule has 0 aliphatic heterocycles. The number of aliphatic hydroxyl groups is 12. The fourth-order valence-electron chi connectivity index (χ4n) is 12.9. The molecule has 8 aliphatic rings. The molecule has 0 unspecified atom stereocenters. The Labute approximate surface area is 930 Å². The first-order chi connectivity index (χ1) is 92.5. The summed E-state index contributed by atoms with van der Waals surface area (Å²) >= 11 is 1.09. The number of hydrogen-bond acceptors (Lipinski definition) is 40. The van der Waals surface area contributed by atoms with E-state index in [1.54, 1.807) is 0 Å². The molecule has 776 valence electrons. The number of nitrogens with zero attached hydrogens (tertiary/aromatic N) is 20. The summed E-state index contributed by atoms with van der Waals surface area (Å²) in [5, 5.41) is 164. The fourth-order valence-corrected chi connectivity index (χ4v) is 15.0. The second-order valence-corrected chi connectivity index (χ2v) is 33.2. The van der Waals surface area contributed by atoms with Crippen LogP contribution in [-0.2, 0) is 18.9 Å². The van der Waals surface area contributed by atoms with Crippen molar-refractivity contribution in [1.82, 2.24) is 99.8 Å². The van der Waals surface area contributed by atoms with Gasteiger partial charge in [0.05, 0.1) is 156 Å². The van der Waals surface area contributed by atoms with Gasteiger partial charge in [-0.25, -0.2) is 76.2 Å². The van der Waals surface area contributed by atoms with Gasteiger partial charge >= 0.3 is 0 Å². The number of benzene rings is 4. The molecule has 0 amide bonds. The van der Waals surface area contributed by atoms with Crippen molar-refractivity contribution >= 4 is 115 Å². The molecule has 40 nitrogen and oxygen atoms in total.